The molecule has 0 nitrogen and oxygen atoms in total. The van der Waals surface area contributed by atoms with Gasteiger partial charge in [0.1, 0.15) is 0 Å². The minimum atomic E-state index is 0.0374. The van der Waals surface area contributed by atoms with E-state index in [0.717, 1.165) is 12.0 Å². The molecule has 2 atom stereocenters. The quantitative estimate of drug-likeness (QED) is 0.480. The number of hydrogen-bond donors (Lipinski definition) is 0. The summed E-state index contributed by atoms with van der Waals surface area (Å²) in [6, 6.07) is 0. The summed E-state index contributed by atoms with van der Waals surface area (Å²) in [6.07, 6.45) is 2.89. The molecule has 0 N–H and O–H groups in total. The molecule has 0 fully saturated rings. The van der Waals surface area contributed by atoms with Crippen molar-refractivity contribution in [3.05, 3.63) is 23.8 Å². The fraction of sp³-hybridized carbons (Fsp3) is 0.600. The standard InChI is InChI=1S/C10H16Cl2/c1-7(2)10(12)6-5-8(3)9(4)11/h5,9-10H,1,6H2,2-4H3/b8-5-. The van der Waals surface area contributed by atoms with Crippen molar-refractivity contribution in [3.8, 4) is 0 Å². The van der Waals surface area contributed by atoms with Gasteiger partial charge in [-0.05, 0) is 27.2 Å². The molecule has 0 saturated carbocycles. The molecular weight excluding hydrogens is 191 g/mol. The summed E-state index contributed by atoms with van der Waals surface area (Å²) < 4.78 is 0. The zero-order valence-electron chi connectivity index (χ0n) is 7.90. The molecule has 0 amide bonds. The monoisotopic (exact) mass is 206 g/mol. The highest BCUT2D eigenvalue weighted by atomic mass is 35.5. The van der Waals surface area contributed by atoms with E-state index in [-0.39, 0.29) is 10.8 Å². The maximum absolute atomic E-state index is 5.98. The van der Waals surface area contributed by atoms with Gasteiger partial charge in [0, 0.05) is 0 Å². The Kier molecular flexibility index (Phi) is 5.69. The highest BCUT2D eigenvalue weighted by Crippen LogP contribution is 2.15. The van der Waals surface area contributed by atoms with Crippen LogP contribution in [0.2, 0.25) is 0 Å². The first-order valence-corrected chi connectivity index (χ1v) is 4.92. The number of rotatable bonds is 4. The van der Waals surface area contributed by atoms with Crippen LogP contribution in [0, 0.1) is 0 Å². The summed E-state index contributed by atoms with van der Waals surface area (Å²) in [5, 5.41) is 0.134. The minimum Gasteiger partial charge on any atom is -0.119 e. The lowest BCUT2D eigenvalue weighted by molar-refractivity contribution is 0.963. The van der Waals surface area contributed by atoms with Crippen LogP contribution in [-0.4, -0.2) is 10.8 Å². The van der Waals surface area contributed by atoms with Gasteiger partial charge in [-0.15, -0.1) is 23.2 Å². The predicted octanol–water partition coefficient (Wildman–Crippen LogP) is 4.13. The average molecular weight is 207 g/mol. The van der Waals surface area contributed by atoms with E-state index in [1.54, 1.807) is 0 Å². The van der Waals surface area contributed by atoms with Gasteiger partial charge in [-0.1, -0.05) is 23.8 Å². The van der Waals surface area contributed by atoms with Gasteiger partial charge in [-0.2, -0.15) is 0 Å². The summed E-state index contributed by atoms with van der Waals surface area (Å²) in [7, 11) is 0. The van der Waals surface area contributed by atoms with Crippen molar-refractivity contribution in [1.82, 2.24) is 0 Å². The summed E-state index contributed by atoms with van der Waals surface area (Å²) in [5.74, 6) is 0. The van der Waals surface area contributed by atoms with E-state index in [1.807, 2.05) is 20.8 Å². The lowest BCUT2D eigenvalue weighted by Gasteiger charge is -2.07. The normalized spacial score (nSPS) is 17.2. The highest BCUT2D eigenvalue weighted by molar-refractivity contribution is 6.22. The molecule has 0 aromatic rings. The van der Waals surface area contributed by atoms with Crippen LogP contribution < -0.4 is 0 Å². The molecule has 2 heteroatoms. The molecule has 0 aliphatic rings. The molecule has 0 saturated heterocycles. The number of halogens is 2. The zero-order chi connectivity index (χ0) is 9.72. The van der Waals surface area contributed by atoms with Gasteiger partial charge < -0.3 is 0 Å². The highest BCUT2D eigenvalue weighted by Gasteiger charge is 2.04. The van der Waals surface area contributed by atoms with E-state index >= 15 is 0 Å². The van der Waals surface area contributed by atoms with Crippen molar-refractivity contribution in [1.29, 1.82) is 0 Å². The van der Waals surface area contributed by atoms with Crippen molar-refractivity contribution in [2.45, 2.75) is 37.9 Å². The van der Waals surface area contributed by atoms with Crippen LogP contribution in [0.25, 0.3) is 0 Å². The second-order valence-corrected chi connectivity index (χ2v) is 4.30. The molecule has 0 aromatic heterocycles. The van der Waals surface area contributed by atoms with E-state index in [9.17, 15) is 0 Å². The van der Waals surface area contributed by atoms with Crippen molar-refractivity contribution >= 4 is 23.2 Å². The molecule has 2 unspecified atom stereocenters. The van der Waals surface area contributed by atoms with Crippen LogP contribution in [0.4, 0.5) is 0 Å². The first-order valence-electron chi connectivity index (χ1n) is 4.05. The molecule has 0 radical (unpaired) electrons. The molecule has 0 spiro atoms. The summed E-state index contributed by atoms with van der Waals surface area (Å²) in [5.41, 5.74) is 2.17. The Morgan fingerprint density at radius 1 is 1.42 bits per heavy atom. The van der Waals surface area contributed by atoms with Crippen LogP contribution in [0.5, 0.6) is 0 Å². The Morgan fingerprint density at radius 3 is 2.25 bits per heavy atom. The van der Waals surface area contributed by atoms with Crippen LogP contribution in [0.3, 0.4) is 0 Å². The molecule has 0 aliphatic carbocycles. The van der Waals surface area contributed by atoms with Crippen LogP contribution >= 0.6 is 23.2 Å². The fourth-order valence-corrected chi connectivity index (χ4v) is 0.831. The van der Waals surface area contributed by atoms with Gasteiger partial charge in [0.2, 0.25) is 0 Å². The van der Waals surface area contributed by atoms with Gasteiger partial charge in [0.05, 0.1) is 10.8 Å². The van der Waals surface area contributed by atoms with Crippen LogP contribution in [0.1, 0.15) is 27.2 Å². The van der Waals surface area contributed by atoms with Gasteiger partial charge in [0.15, 0.2) is 0 Å². The van der Waals surface area contributed by atoms with Gasteiger partial charge in [0.25, 0.3) is 0 Å². The number of hydrogen-bond acceptors (Lipinski definition) is 0. The number of allylic oxidation sites excluding steroid dienone is 3. The Morgan fingerprint density at radius 2 is 1.92 bits per heavy atom. The van der Waals surface area contributed by atoms with Crippen LogP contribution in [0.15, 0.2) is 23.8 Å². The molecule has 0 heterocycles. The van der Waals surface area contributed by atoms with Gasteiger partial charge in [-0.25, -0.2) is 0 Å². The summed E-state index contributed by atoms with van der Waals surface area (Å²) >= 11 is 11.8. The maximum Gasteiger partial charge on any atom is 0.0574 e. The van der Waals surface area contributed by atoms with E-state index in [0.29, 0.717) is 0 Å². The van der Waals surface area contributed by atoms with Gasteiger partial charge in [-0.3, -0.25) is 0 Å². The van der Waals surface area contributed by atoms with Crippen LogP contribution in [-0.2, 0) is 0 Å². The third-order valence-electron chi connectivity index (χ3n) is 1.81. The van der Waals surface area contributed by atoms with Crippen molar-refractivity contribution in [3.63, 3.8) is 0 Å². The molecule has 70 valence electrons. The Labute approximate surface area is 85.3 Å². The fourth-order valence-electron chi connectivity index (χ4n) is 0.653. The zero-order valence-corrected chi connectivity index (χ0v) is 9.41. The Bertz CT molecular complexity index is 180. The second kappa shape index (κ2) is 5.66. The maximum atomic E-state index is 5.98. The van der Waals surface area contributed by atoms with E-state index in [2.05, 4.69) is 12.7 Å². The smallest absolute Gasteiger partial charge is 0.0574 e. The largest absolute Gasteiger partial charge is 0.119 e. The van der Waals surface area contributed by atoms with E-state index in [1.165, 1.54) is 5.57 Å². The average Bonchev–Trinajstić information content (AvgIpc) is 1.98. The lowest BCUT2D eigenvalue weighted by Crippen LogP contribution is -1.99. The van der Waals surface area contributed by atoms with Crippen molar-refractivity contribution < 1.29 is 0 Å². The van der Waals surface area contributed by atoms with Crippen molar-refractivity contribution in [2.24, 2.45) is 0 Å². The summed E-state index contributed by atoms with van der Waals surface area (Å²) in [6.45, 7) is 9.69. The molecule has 0 aromatic carbocycles. The molecule has 0 bridgehead atoms. The topological polar surface area (TPSA) is 0 Å². The lowest BCUT2D eigenvalue weighted by atomic mass is 10.1. The van der Waals surface area contributed by atoms with Gasteiger partial charge >= 0.3 is 0 Å². The van der Waals surface area contributed by atoms with E-state index in [4.69, 9.17) is 23.2 Å². The first-order chi connectivity index (χ1) is 5.45. The Hall–Kier alpha value is 0.0600. The Balaban J connectivity index is 3.96. The second-order valence-electron chi connectivity index (χ2n) is 3.11. The SMILES string of the molecule is C=C(C)C(Cl)C/C=C(/C)C(C)Cl. The predicted molar refractivity (Wildman–Crippen MR) is 58.1 cm³/mol. The third-order valence-corrected chi connectivity index (χ3v) is 2.70. The van der Waals surface area contributed by atoms with Crippen molar-refractivity contribution in [2.75, 3.05) is 0 Å². The summed E-state index contributed by atoms with van der Waals surface area (Å²) in [4.78, 5) is 0. The first kappa shape index (κ1) is 12.1. The number of alkyl halides is 2. The molecular formula is C10H16Cl2. The third kappa shape index (κ3) is 4.84. The van der Waals surface area contributed by atoms with E-state index < -0.39 is 0 Å². The molecule has 12 heavy (non-hydrogen) atoms. The molecule has 0 aliphatic heterocycles. The molecule has 0 rings (SSSR count). The minimum absolute atomic E-state index is 0.0374.